The summed E-state index contributed by atoms with van der Waals surface area (Å²) in [6, 6.07) is 10.9. The fourth-order valence-electron chi connectivity index (χ4n) is 2.09. The molecular formula is C17H15N3O2S. The third-order valence-electron chi connectivity index (χ3n) is 3.13. The highest BCUT2D eigenvalue weighted by atomic mass is 32.1. The molecule has 116 valence electrons. The van der Waals surface area contributed by atoms with Crippen molar-refractivity contribution in [3.05, 3.63) is 59.7 Å². The van der Waals surface area contributed by atoms with Gasteiger partial charge in [0.25, 0.3) is 5.91 Å². The van der Waals surface area contributed by atoms with Crippen LogP contribution in [0.4, 0.5) is 5.13 Å². The Morgan fingerprint density at radius 1 is 1.22 bits per heavy atom. The van der Waals surface area contributed by atoms with Crippen molar-refractivity contribution in [1.29, 1.82) is 0 Å². The molecule has 0 aliphatic heterocycles. The number of thiazole rings is 1. The highest BCUT2D eigenvalue weighted by Crippen LogP contribution is 2.26. The van der Waals surface area contributed by atoms with Crippen molar-refractivity contribution in [3.8, 4) is 17.0 Å². The molecule has 0 bridgehead atoms. The summed E-state index contributed by atoms with van der Waals surface area (Å²) in [5.41, 5.74) is 2.27. The molecule has 0 radical (unpaired) electrons. The minimum Gasteiger partial charge on any atom is -0.493 e. The number of nitrogens with zero attached hydrogens (tertiary/aromatic N) is 2. The van der Waals surface area contributed by atoms with E-state index in [4.69, 9.17) is 4.74 Å². The van der Waals surface area contributed by atoms with Crippen LogP contribution in [0, 0.1) is 0 Å². The van der Waals surface area contributed by atoms with Crippen LogP contribution >= 0.6 is 11.3 Å². The van der Waals surface area contributed by atoms with Gasteiger partial charge in [0.1, 0.15) is 5.75 Å². The SMILES string of the molecule is CCOc1ccccc1C(=O)Nc1nc(-c2ccncc2)cs1. The van der Waals surface area contributed by atoms with E-state index in [1.54, 1.807) is 24.5 Å². The molecule has 0 spiro atoms. The zero-order valence-electron chi connectivity index (χ0n) is 12.5. The number of carbonyl (C=O) groups excluding carboxylic acids is 1. The van der Waals surface area contributed by atoms with Crippen LogP contribution in [0.3, 0.4) is 0 Å². The highest BCUT2D eigenvalue weighted by Gasteiger charge is 2.14. The topological polar surface area (TPSA) is 64.1 Å². The van der Waals surface area contributed by atoms with E-state index in [0.717, 1.165) is 11.3 Å². The van der Waals surface area contributed by atoms with Gasteiger partial charge >= 0.3 is 0 Å². The van der Waals surface area contributed by atoms with E-state index in [0.29, 0.717) is 23.1 Å². The van der Waals surface area contributed by atoms with Crippen molar-refractivity contribution in [1.82, 2.24) is 9.97 Å². The van der Waals surface area contributed by atoms with Crippen molar-refractivity contribution in [2.75, 3.05) is 11.9 Å². The van der Waals surface area contributed by atoms with Gasteiger partial charge in [0.2, 0.25) is 0 Å². The number of para-hydroxylation sites is 1. The van der Waals surface area contributed by atoms with Gasteiger partial charge in [-0.25, -0.2) is 4.98 Å². The Labute approximate surface area is 138 Å². The summed E-state index contributed by atoms with van der Waals surface area (Å²) in [5.74, 6) is 0.336. The summed E-state index contributed by atoms with van der Waals surface area (Å²) >= 11 is 1.38. The molecule has 3 aromatic rings. The maximum atomic E-state index is 12.4. The molecule has 0 saturated carbocycles. The van der Waals surface area contributed by atoms with Crippen LogP contribution in [0.25, 0.3) is 11.3 Å². The summed E-state index contributed by atoms with van der Waals surface area (Å²) in [4.78, 5) is 20.8. The molecule has 1 aromatic carbocycles. The van der Waals surface area contributed by atoms with Gasteiger partial charge in [-0.05, 0) is 31.2 Å². The second kappa shape index (κ2) is 7.02. The molecule has 0 fully saturated rings. The molecular weight excluding hydrogens is 310 g/mol. The van der Waals surface area contributed by atoms with Gasteiger partial charge in [0.15, 0.2) is 5.13 Å². The summed E-state index contributed by atoms with van der Waals surface area (Å²) in [7, 11) is 0. The molecule has 6 heteroatoms. The molecule has 2 aromatic heterocycles. The third kappa shape index (κ3) is 3.54. The van der Waals surface area contributed by atoms with Gasteiger partial charge in [-0.3, -0.25) is 15.1 Å². The minimum atomic E-state index is -0.232. The Bertz CT molecular complexity index is 802. The monoisotopic (exact) mass is 325 g/mol. The Balaban J connectivity index is 1.78. The van der Waals surface area contributed by atoms with Crippen molar-refractivity contribution in [2.24, 2.45) is 0 Å². The molecule has 0 saturated heterocycles. The summed E-state index contributed by atoms with van der Waals surface area (Å²) in [5, 5.41) is 5.27. The maximum absolute atomic E-state index is 12.4. The molecule has 0 unspecified atom stereocenters. The highest BCUT2D eigenvalue weighted by molar-refractivity contribution is 7.14. The van der Waals surface area contributed by atoms with Gasteiger partial charge in [-0.1, -0.05) is 12.1 Å². The van der Waals surface area contributed by atoms with Crippen molar-refractivity contribution in [2.45, 2.75) is 6.92 Å². The zero-order chi connectivity index (χ0) is 16.1. The van der Waals surface area contributed by atoms with E-state index in [1.807, 2.05) is 36.6 Å². The van der Waals surface area contributed by atoms with Gasteiger partial charge in [0.05, 0.1) is 17.9 Å². The number of aromatic nitrogens is 2. The summed E-state index contributed by atoms with van der Waals surface area (Å²) in [6.45, 7) is 2.39. The first kappa shape index (κ1) is 15.2. The fraction of sp³-hybridized carbons (Fsp3) is 0.118. The number of pyridine rings is 1. The Hall–Kier alpha value is -2.73. The molecule has 1 N–H and O–H groups in total. The standard InChI is InChI=1S/C17H15N3O2S/c1-2-22-15-6-4-3-5-13(15)16(21)20-17-19-14(11-23-17)12-7-9-18-10-8-12/h3-11H,2H2,1H3,(H,19,20,21). The first-order valence-electron chi connectivity index (χ1n) is 7.17. The Morgan fingerprint density at radius 3 is 2.78 bits per heavy atom. The summed E-state index contributed by atoms with van der Waals surface area (Å²) in [6.07, 6.45) is 3.43. The lowest BCUT2D eigenvalue weighted by molar-refractivity contribution is 0.102. The van der Waals surface area contributed by atoms with E-state index >= 15 is 0 Å². The van der Waals surface area contributed by atoms with Crippen molar-refractivity contribution >= 4 is 22.4 Å². The molecule has 23 heavy (non-hydrogen) atoms. The van der Waals surface area contributed by atoms with E-state index in [2.05, 4.69) is 15.3 Å². The molecule has 5 nitrogen and oxygen atoms in total. The number of rotatable bonds is 5. The predicted molar refractivity (Wildman–Crippen MR) is 90.9 cm³/mol. The van der Waals surface area contributed by atoms with Gasteiger partial charge in [-0.15, -0.1) is 11.3 Å². The van der Waals surface area contributed by atoms with Crippen molar-refractivity contribution in [3.63, 3.8) is 0 Å². The maximum Gasteiger partial charge on any atom is 0.261 e. The number of ether oxygens (including phenoxy) is 1. The predicted octanol–water partition coefficient (Wildman–Crippen LogP) is 3.86. The van der Waals surface area contributed by atoms with E-state index in [1.165, 1.54) is 11.3 Å². The second-order valence-corrected chi connectivity index (χ2v) is 5.52. The van der Waals surface area contributed by atoms with E-state index in [9.17, 15) is 4.79 Å². The minimum absolute atomic E-state index is 0.232. The smallest absolute Gasteiger partial charge is 0.261 e. The number of benzene rings is 1. The van der Waals surface area contributed by atoms with Crippen LogP contribution < -0.4 is 10.1 Å². The van der Waals surface area contributed by atoms with Crippen LogP contribution in [0.1, 0.15) is 17.3 Å². The molecule has 0 aliphatic carbocycles. The van der Waals surface area contributed by atoms with Gasteiger partial charge in [0, 0.05) is 23.3 Å². The van der Waals surface area contributed by atoms with E-state index < -0.39 is 0 Å². The molecule has 2 heterocycles. The Morgan fingerprint density at radius 2 is 2.00 bits per heavy atom. The number of hydrogen-bond donors (Lipinski definition) is 1. The van der Waals surface area contributed by atoms with Gasteiger partial charge < -0.3 is 4.74 Å². The Kier molecular flexibility index (Phi) is 4.63. The van der Waals surface area contributed by atoms with Gasteiger partial charge in [-0.2, -0.15) is 0 Å². The van der Waals surface area contributed by atoms with Crippen LogP contribution in [0.2, 0.25) is 0 Å². The molecule has 0 aliphatic rings. The fourth-order valence-corrected chi connectivity index (χ4v) is 2.80. The van der Waals surface area contributed by atoms with Crippen LogP contribution in [0.5, 0.6) is 5.75 Å². The number of carbonyl (C=O) groups is 1. The molecule has 1 amide bonds. The number of hydrogen-bond acceptors (Lipinski definition) is 5. The lowest BCUT2D eigenvalue weighted by Gasteiger charge is -2.08. The average Bonchev–Trinajstić information content (AvgIpc) is 3.05. The summed E-state index contributed by atoms with van der Waals surface area (Å²) < 4.78 is 5.49. The average molecular weight is 325 g/mol. The van der Waals surface area contributed by atoms with Crippen LogP contribution in [-0.4, -0.2) is 22.5 Å². The largest absolute Gasteiger partial charge is 0.493 e. The first-order valence-corrected chi connectivity index (χ1v) is 8.05. The molecule has 3 rings (SSSR count). The molecule has 0 atom stereocenters. The first-order chi connectivity index (χ1) is 11.3. The van der Waals surface area contributed by atoms with E-state index in [-0.39, 0.29) is 5.91 Å². The van der Waals surface area contributed by atoms with Crippen molar-refractivity contribution < 1.29 is 9.53 Å². The number of anilines is 1. The normalized spacial score (nSPS) is 10.3. The lowest BCUT2D eigenvalue weighted by atomic mass is 10.2. The van der Waals surface area contributed by atoms with Crippen LogP contribution in [0.15, 0.2) is 54.2 Å². The quantitative estimate of drug-likeness (QED) is 0.774. The number of nitrogens with one attached hydrogen (secondary N) is 1. The van der Waals surface area contributed by atoms with Crippen LogP contribution in [-0.2, 0) is 0 Å². The second-order valence-electron chi connectivity index (χ2n) is 4.66. The number of amides is 1. The third-order valence-corrected chi connectivity index (χ3v) is 3.89. The zero-order valence-corrected chi connectivity index (χ0v) is 13.3. The lowest BCUT2D eigenvalue weighted by Crippen LogP contribution is -2.13.